The molecule has 4 rings (SSSR count). The molecule has 170 valence electrons. The molecule has 0 unspecified atom stereocenters. The SMILES string of the molecule is COc1cccc(CNC(=O)[C@@H]2C[C@@H](O)CN2C2CCN(C(=O)c3cccnc3)CC2)c1. The van der Waals surface area contributed by atoms with E-state index in [2.05, 4.69) is 15.2 Å². The fourth-order valence-corrected chi connectivity index (χ4v) is 4.66. The number of rotatable bonds is 6. The number of aliphatic hydroxyl groups is 1. The van der Waals surface area contributed by atoms with Crippen molar-refractivity contribution >= 4 is 11.8 Å². The summed E-state index contributed by atoms with van der Waals surface area (Å²) in [7, 11) is 1.62. The number of likely N-dealkylation sites (tertiary alicyclic amines) is 2. The Morgan fingerprint density at radius 3 is 2.75 bits per heavy atom. The maximum atomic E-state index is 13.0. The van der Waals surface area contributed by atoms with Crippen LogP contribution in [0.5, 0.6) is 5.75 Å². The first-order valence-electron chi connectivity index (χ1n) is 11.1. The molecule has 8 heteroatoms. The average molecular weight is 439 g/mol. The standard InChI is InChI=1S/C24H30N4O4/c1-32-21-6-2-4-17(12-21)14-26-23(30)22-13-20(29)16-28(22)19-7-10-27(11-8-19)24(31)18-5-3-9-25-15-18/h2-6,9,12,15,19-20,22,29H,7-8,10-11,13-14,16H2,1H3,(H,26,30)/t20-,22+/m1/s1. The summed E-state index contributed by atoms with van der Waals surface area (Å²) in [6.07, 6.45) is 4.71. The highest BCUT2D eigenvalue weighted by molar-refractivity contribution is 5.93. The molecule has 0 radical (unpaired) electrons. The number of hydrogen-bond donors (Lipinski definition) is 2. The minimum Gasteiger partial charge on any atom is -0.497 e. The molecule has 0 spiro atoms. The summed E-state index contributed by atoms with van der Waals surface area (Å²) in [5, 5.41) is 13.3. The van der Waals surface area contributed by atoms with Crippen LogP contribution in [0.1, 0.15) is 35.2 Å². The molecule has 2 aliphatic rings. The smallest absolute Gasteiger partial charge is 0.255 e. The number of hydrogen-bond acceptors (Lipinski definition) is 6. The number of carbonyl (C=O) groups is 2. The molecule has 2 saturated heterocycles. The molecule has 1 aromatic heterocycles. The van der Waals surface area contributed by atoms with Gasteiger partial charge in [0.25, 0.3) is 5.91 Å². The Morgan fingerprint density at radius 2 is 2.03 bits per heavy atom. The fraction of sp³-hybridized carbons (Fsp3) is 0.458. The van der Waals surface area contributed by atoms with Gasteiger partial charge < -0.3 is 20.1 Å². The number of nitrogens with one attached hydrogen (secondary N) is 1. The second kappa shape index (κ2) is 10.1. The maximum Gasteiger partial charge on any atom is 0.255 e. The Kier molecular flexibility index (Phi) is 7.02. The van der Waals surface area contributed by atoms with Crippen molar-refractivity contribution in [3.63, 3.8) is 0 Å². The number of amides is 2. The zero-order valence-corrected chi connectivity index (χ0v) is 18.3. The quantitative estimate of drug-likeness (QED) is 0.709. The molecule has 2 aromatic rings. The highest BCUT2D eigenvalue weighted by Crippen LogP contribution is 2.27. The first-order valence-corrected chi connectivity index (χ1v) is 11.1. The molecule has 0 saturated carbocycles. The van der Waals surface area contributed by atoms with E-state index >= 15 is 0 Å². The van der Waals surface area contributed by atoms with Gasteiger partial charge in [0, 0.05) is 44.6 Å². The van der Waals surface area contributed by atoms with Gasteiger partial charge in [-0.3, -0.25) is 19.5 Å². The van der Waals surface area contributed by atoms with E-state index in [1.165, 1.54) is 0 Å². The predicted octanol–water partition coefficient (Wildman–Crippen LogP) is 1.45. The van der Waals surface area contributed by atoms with Crippen LogP contribution in [-0.4, -0.2) is 76.6 Å². The van der Waals surface area contributed by atoms with E-state index in [1.807, 2.05) is 29.2 Å². The van der Waals surface area contributed by atoms with Crippen molar-refractivity contribution in [3.8, 4) is 5.75 Å². The summed E-state index contributed by atoms with van der Waals surface area (Å²) in [6, 6.07) is 11.0. The second-order valence-corrected chi connectivity index (χ2v) is 8.44. The van der Waals surface area contributed by atoms with Crippen LogP contribution in [0, 0.1) is 0 Å². The van der Waals surface area contributed by atoms with Gasteiger partial charge in [-0.15, -0.1) is 0 Å². The van der Waals surface area contributed by atoms with Gasteiger partial charge in [0.05, 0.1) is 24.8 Å². The summed E-state index contributed by atoms with van der Waals surface area (Å²) < 4.78 is 5.24. The number of piperidine rings is 1. The molecule has 32 heavy (non-hydrogen) atoms. The fourth-order valence-electron chi connectivity index (χ4n) is 4.66. The summed E-state index contributed by atoms with van der Waals surface area (Å²) in [5.74, 6) is 0.672. The number of benzene rings is 1. The monoisotopic (exact) mass is 438 g/mol. The van der Waals surface area contributed by atoms with Gasteiger partial charge in [-0.25, -0.2) is 0 Å². The number of carbonyl (C=O) groups excluding carboxylic acids is 2. The van der Waals surface area contributed by atoms with Crippen LogP contribution in [0.4, 0.5) is 0 Å². The number of aliphatic hydroxyl groups excluding tert-OH is 1. The van der Waals surface area contributed by atoms with Gasteiger partial charge in [0.15, 0.2) is 0 Å². The number of β-amino-alcohol motifs (C(OH)–C–C–N with tert-alkyl or cyclic N) is 1. The van der Waals surface area contributed by atoms with E-state index in [4.69, 9.17) is 4.74 Å². The number of nitrogens with zero attached hydrogens (tertiary/aromatic N) is 3. The number of aromatic nitrogens is 1. The molecule has 2 amide bonds. The molecule has 2 N–H and O–H groups in total. The van der Waals surface area contributed by atoms with E-state index < -0.39 is 6.10 Å². The van der Waals surface area contributed by atoms with Gasteiger partial charge in [-0.05, 0) is 49.1 Å². The van der Waals surface area contributed by atoms with E-state index in [0.29, 0.717) is 38.2 Å². The summed E-state index contributed by atoms with van der Waals surface area (Å²) in [6.45, 7) is 2.15. The van der Waals surface area contributed by atoms with Gasteiger partial charge in [-0.2, -0.15) is 0 Å². The van der Waals surface area contributed by atoms with Crippen molar-refractivity contribution in [2.45, 2.75) is 44.0 Å². The molecule has 0 aliphatic carbocycles. The van der Waals surface area contributed by atoms with Crippen LogP contribution < -0.4 is 10.1 Å². The van der Waals surface area contributed by atoms with Gasteiger partial charge in [-0.1, -0.05) is 12.1 Å². The van der Waals surface area contributed by atoms with Crippen LogP contribution in [0.25, 0.3) is 0 Å². The van der Waals surface area contributed by atoms with Crippen LogP contribution in [0.2, 0.25) is 0 Å². The molecule has 2 fully saturated rings. The Labute approximate surface area is 188 Å². The Hall–Kier alpha value is -2.97. The third-order valence-electron chi connectivity index (χ3n) is 6.35. The van der Waals surface area contributed by atoms with Gasteiger partial charge in [0.2, 0.25) is 5.91 Å². The summed E-state index contributed by atoms with van der Waals surface area (Å²) in [5.41, 5.74) is 1.56. The van der Waals surface area contributed by atoms with Crippen molar-refractivity contribution in [1.29, 1.82) is 0 Å². The molecule has 1 aromatic carbocycles. The van der Waals surface area contributed by atoms with Gasteiger partial charge >= 0.3 is 0 Å². The number of pyridine rings is 1. The molecule has 2 aliphatic heterocycles. The minimum atomic E-state index is -0.516. The minimum absolute atomic E-state index is 0.00871. The van der Waals surface area contributed by atoms with Crippen molar-refractivity contribution in [2.75, 3.05) is 26.7 Å². The normalized spacial score (nSPS) is 22.0. The molecule has 0 bridgehead atoms. The highest BCUT2D eigenvalue weighted by atomic mass is 16.5. The van der Waals surface area contributed by atoms with Crippen molar-refractivity contribution < 1.29 is 19.4 Å². The molecular formula is C24H30N4O4. The lowest BCUT2D eigenvalue weighted by atomic mass is 10.0. The van der Waals surface area contributed by atoms with E-state index in [-0.39, 0.29) is 23.9 Å². The average Bonchev–Trinajstić information content (AvgIpc) is 3.24. The molecule has 3 heterocycles. The zero-order valence-electron chi connectivity index (χ0n) is 18.3. The van der Waals surface area contributed by atoms with Crippen LogP contribution in [0.15, 0.2) is 48.8 Å². The number of methoxy groups -OCH3 is 1. The topological polar surface area (TPSA) is 95.0 Å². The Bertz CT molecular complexity index is 931. The lowest BCUT2D eigenvalue weighted by Gasteiger charge is -2.38. The lowest BCUT2D eigenvalue weighted by molar-refractivity contribution is -0.126. The molecule has 8 nitrogen and oxygen atoms in total. The Morgan fingerprint density at radius 1 is 1.22 bits per heavy atom. The third kappa shape index (κ3) is 5.08. The second-order valence-electron chi connectivity index (χ2n) is 8.44. The van der Waals surface area contributed by atoms with E-state index in [9.17, 15) is 14.7 Å². The van der Waals surface area contributed by atoms with Crippen LogP contribution in [-0.2, 0) is 11.3 Å². The third-order valence-corrected chi connectivity index (χ3v) is 6.35. The Balaban J connectivity index is 1.33. The first-order chi connectivity index (χ1) is 15.5. The predicted molar refractivity (Wildman–Crippen MR) is 119 cm³/mol. The van der Waals surface area contributed by atoms with Crippen molar-refractivity contribution in [2.24, 2.45) is 0 Å². The lowest BCUT2D eigenvalue weighted by Crippen LogP contribution is -2.52. The summed E-state index contributed by atoms with van der Waals surface area (Å²) >= 11 is 0. The van der Waals surface area contributed by atoms with E-state index in [0.717, 1.165) is 24.2 Å². The molecular weight excluding hydrogens is 408 g/mol. The van der Waals surface area contributed by atoms with E-state index in [1.54, 1.807) is 31.6 Å². The highest BCUT2D eigenvalue weighted by Gasteiger charge is 2.41. The zero-order chi connectivity index (χ0) is 22.5. The number of ether oxygens (including phenoxy) is 1. The molecule has 2 atom stereocenters. The van der Waals surface area contributed by atoms with Crippen LogP contribution >= 0.6 is 0 Å². The van der Waals surface area contributed by atoms with Crippen molar-refractivity contribution in [1.82, 2.24) is 20.1 Å². The largest absolute Gasteiger partial charge is 0.497 e. The van der Waals surface area contributed by atoms with Crippen LogP contribution in [0.3, 0.4) is 0 Å². The maximum absolute atomic E-state index is 13.0. The van der Waals surface area contributed by atoms with Crippen molar-refractivity contribution in [3.05, 3.63) is 59.9 Å². The summed E-state index contributed by atoms with van der Waals surface area (Å²) in [4.78, 5) is 33.6. The first kappa shape index (κ1) is 22.2. The van der Waals surface area contributed by atoms with Gasteiger partial charge in [0.1, 0.15) is 5.75 Å².